The Hall–Kier alpha value is -4.88. The Morgan fingerprint density at radius 1 is 1.14 bits per heavy atom. The number of phenols is 1. The number of fused-ring (bicyclic) bond motifs is 1. The molecule has 2 aromatic heterocycles. The maximum Gasteiger partial charge on any atom is 0.364 e. The molecule has 1 unspecified atom stereocenters. The summed E-state index contributed by atoms with van der Waals surface area (Å²) in [4.78, 5) is 44.3. The smallest absolute Gasteiger partial charge is 0.364 e. The van der Waals surface area contributed by atoms with Gasteiger partial charge in [-0.25, -0.2) is 25.2 Å². The minimum atomic E-state index is -0.795. The molecule has 0 radical (unpaired) electrons. The lowest BCUT2D eigenvalue weighted by Crippen LogP contribution is -2.36. The van der Waals surface area contributed by atoms with Crippen LogP contribution in [-0.4, -0.2) is 61.4 Å². The van der Waals surface area contributed by atoms with Crippen molar-refractivity contribution < 1.29 is 24.2 Å². The van der Waals surface area contributed by atoms with Gasteiger partial charge in [0.2, 0.25) is 0 Å². The number of hydrogen-bond acceptors (Lipinski definition) is 8. The second-order valence-corrected chi connectivity index (χ2v) is 11.3. The highest BCUT2D eigenvalue weighted by Gasteiger charge is 2.40. The highest BCUT2D eigenvalue weighted by molar-refractivity contribution is 5.97. The molecule has 1 saturated heterocycles. The first-order valence-electron chi connectivity index (χ1n) is 13.9. The minimum absolute atomic E-state index is 0.0633. The molecule has 43 heavy (non-hydrogen) atoms. The van der Waals surface area contributed by atoms with Crippen molar-refractivity contribution in [3.8, 4) is 11.5 Å². The number of anilines is 1. The van der Waals surface area contributed by atoms with Crippen LogP contribution in [0.15, 0.2) is 48.9 Å². The Labute approximate surface area is 249 Å². The maximum absolute atomic E-state index is 13.2. The molecule has 3 heterocycles. The molecule has 0 saturated carbocycles. The van der Waals surface area contributed by atoms with Gasteiger partial charge in [-0.2, -0.15) is 5.01 Å². The molecule has 1 aliphatic rings. The van der Waals surface area contributed by atoms with Crippen LogP contribution in [0.5, 0.6) is 11.5 Å². The number of aromatic nitrogens is 3. The first-order valence-corrected chi connectivity index (χ1v) is 13.9. The van der Waals surface area contributed by atoms with Crippen molar-refractivity contribution in [3.63, 3.8) is 0 Å². The summed E-state index contributed by atoms with van der Waals surface area (Å²) in [6.07, 6.45) is 2.52. The van der Waals surface area contributed by atoms with Crippen LogP contribution in [0.4, 0.5) is 15.3 Å². The Balaban J connectivity index is 1.51. The van der Waals surface area contributed by atoms with E-state index in [9.17, 15) is 19.5 Å². The van der Waals surface area contributed by atoms with Gasteiger partial charge in [0.15, 0.2) is 5.69 Å². The summed E-state index contributed by atoms with van der Waals surface area (Å²) in [7, 11) is 3.10. The number of ether oxygens (including phenoxy) is 1. The number of rotatable bonds is 6. The molecule has 1 atom stereocenters. The summed E-state index contributed by atoms with van der Waals surface area (Å²) in [6.45, 7) is 9.62. The average Bonchev–Trinajstić information content (AvgIpc) is 3.62. The molecule has 3 amide bonds. The Kier molecular flexibility index (Phi) is 7.63. The fraction of sp³-hybridized carbons (Fsp3) is 0.333. The van der Waals surface area contributed by atoms with E-state index in [1.165, 1.54) is 19.4 Å². The fourth-order valence-electron chi connectivity index (χ4n) is 5.38. The molecule has 1 aliphatic heterocycles. The zero-order valence-corrected chi connectivity index (χ0v) is 25.2. The quantitative estimate of drug-likeness (QED) is 0.0970. The lowest BCUT2D eigenvalue weighted by molar-refractivity contribution is 0.0726. The van der Waals surface area contributed by atoms with E-state index in [-0.39, 0.29) is 40.9 Å². The Bertz CT molecular complexity index is 1740. The number of phenolic OH excluding ortho intramolecular Hbond substituents is 1. The fourth-order valence-corrected chi connectivity index (χ4v) is 5.38. The monoisotopic (exact) mass is 588 g/mol. The predicted molar refractivity (Wildman–Crippen MR) is 161 cm³/mol. The summed E-state index contributed by atoms with van der Waals surface area (Å²) in [5.41, 5.74) is 5.81. The number of esters is 1. The standard InChI is InChI=1S/C30H36N8O5/c1-16(2)21-13-22(24(39)14-25(21)43-28(40)26-18(5)37(15-32-26)30(42)34(6)31)27-35(7)33-29(41)38(27)20-8-9-23-19(12-20)10-11-36(23)17(3)4/h8-17,27,39H,31H2,1-7H3,(H,33,41). The molecule has 0 bridgehead atoms. The lowest BCUT2D eigenvalue weighted by atomic mass is 9.97. The molecule has 5 rings (SSSR count). The molecular weight excluding hydrogens is 552 g/mol. The average molecular weight is 589 g/mol. The maximum atomic E-state index is 13.2. The second kappa shape index (κ2) is 11.1. The topological polar surface area (TPSA) is 151 Å². The number of carbonyl (C=O) groups excluding carboxylic acids is 3. The van der Waals surface area contributed by atoms with E-state index in [1.807, 2.05) is 44.3 Å². The van der Waals surface area contributed by atoms with Gasteiger partial charge in [-0.05, 0) is 62.6 Å². The number of nitrogens with one attached hydrogen (secondary N) is 1. The molecular formula is C30H36N8O5. The number of hydrazine groups is 2. The number of urea groups is 1. The highest BCUT2D eigenvalue weighted by Crippen LogP contribution is 2.42. The van der Waals surface area contributed by atoms with E-state index < -0.39 is 18.2 Å². The molecule has 4 N–H and O–H groups in total. The van der Waals surface area contributed by atoms with Gasteiger partial charge in [0.1, 0.15) is 24.0 Å². The summed E-state index contributed by atoms with van der Waals surface area (Å²) in [5, 5.41) is 14.8. The SMILES string of the molecule is Cc1c(C(=O)Oc2cc(O)c(C3N(C)NC(=O)N3c3ccc4c(ccn4C(C)C)c3)cc2C(C)C)ncn1C(=O)N(C)N. The van der Waals surface area contributed by atoms with Crippen LogP contribution in [0.1, 0.15) is 73.1 Å². The zero-order chi connectivity index (χ0) is 31.3. The van der Waals surface area contributed by atoms with Crippen molar-refractivity contribution in [3.05, 3.63) is 71.4 Å². The zero-order valence-electron chi connectivity index (χ0n) is 25.2. The number of nitrogens with zero attached hydrogens (tertiary/aromatic N) is 6. The normalized spacial score (nSPS) is 15.5. The molecule has 1 fully saturated rings. The molecule has 2 aromatic carbocycles. The Morgan fingerprint density at radius 3 is 2.51 bits per heavy atom. The number of benzene rings is 2. The lowest BCUT2D eigenvalue weighted by Gasteiger charge is -2.28. The van der Waals surface area contributed by atoms with Crippen molar-refractivity contribution in [1.29, 1.82) is 0 Å². The third kappa shape index (κ3) is 5.17. The van der Waals surface area contributed by atoms with E-state index in [2.05, 4.69) is 28.8 Å². The van der Waals surface area contributed by atoms with Gasteiger partial charge >= 0.3 is 18.0 Å². The summed E-state index contributed by atoms with van der Waals surface area (Å²) in [5.74, 6) is 4.60. The van der Waals surface area contributed by atoms with Crippen molar-refractivity contribution in [1.82, 2.24) is 29.6 Å². The highest BCUT2D eigenvalue weighted by atomic mass is 16.5. The summed E-state index contributed by atoms with van der Waals surface area (Å²) < 4.78 is 9.02. The first-order chi connectivity index (χ1) is 20.3. The van der Waals surface area contributed by atoms with Crippen molar-refractivity contribution in [2.24, 2.45) is 5.84 Å². The van der Waals surface area contributed by atoms with Crippen LogP contribution in [0.2, 0.25) is 0 Å². The number of hydrogen-bond donors (Lipinski definition) is 3. The third-order valence-corrected chi connectivity index (χ3v) is 7.61. The van der Waals surface area contributed by atoms with Gasteiger partial charge in [0.05, 0.1) is 5.69 Å². The van der Waals surface area contributed by atoms with E-state index in [4.69, 9.17) is 10.6 Å². The third-order valence-electron chi connectivity index (χ3n) is 7.61. The summed E-state index contributed by atoms with van der Waals surface area (Å²) in [6, 6.07) is 10.3. The van der Waals surface area contributed by atoms with Crippen molar-refractivity contribution in [2.45, 2.75) is 52.7 Å². The van der Waals surface area contributed by atoms with Gasteiger partial charge in [-0.15, -0.1) is 0 Å². The second-order valence-electron chi connectivity index (χ2n) is 11.3. The molecule has 0 aliphatic carbocycles. The first kappa shape index (κ1) is 29.6. The number of aromatic hydroxyl groups is 1. The Morgan fingerprint density at radius 2 is 1.86 bits per heavy atom. The van der Waals surface area contributed by atoms with Gasteiger partial charge in [0, 0.05) is 54.6 Å². The van der Waals surface area contributed by atoms with Gasteiger partial charge in [-0.3, -0.25) is 19.9 Å². The number of amides is 3. The minimum Gasteiger partial charge on any atom is -0.507 e. The van der Waals surface area contributed by atoms with Crippen LogP contribution >= 0.6 is 0 Å². The van der Waals surface area contributed by atoms with E-state index >= 15 is 0 Å². The number of carbonyl (C=O) groups is 3. The number of imidazole rings is 1. The van der Waals surface area contributed by atoms with E-state index in [0.29, 0.717) is 16.8 Å². The van der Waals surface area contributed by atoms with Crippen molar-refractivity contribution in [2.75, 3.05) is 19.0 Å². The van der Waals surface area contributed by atoms with Crippen LogP contribution in [0, 0.1) is 6.92 Å². The van der Waals surface area contributed by atoms with Gasteiger partial charge in [-0.1, -0.05) is 13.8 Å². The predicted octanol–water partition coefficient (Wildman–Crippen LogP) is 4.62. The van der Waals surface area contributed by atoms with Crippen LogP contribution < -0.4 is 20.9 Å². The molecule has 226 valence electrons. The largest absolute Gasteiger partial charge is 0.507 e. The van der Waals surface area contributed by atoms with Gasteiger partial charge < -0.3 is 14.4 Å². The van der Waals surface area contributed by atoms with Crippen LogP contribution in [-0.2, 0) is 0 Å². The van der Waals surface area contributed by atoms with Crippen LogP contribution in [0.25, 0.3) is 10.9 Å². The van der Waals surface area contributed by atoms with E-state index in [1.54, 1.807) is 29.9 Å². The van der Waals surface area contributed by atoms with E-state index in [0.717, 1.165) is 20.5 Å². The van der Waals surface area contributed by atoms with Crippen molar-refractivity contribution >= 4 is 34.6 Å². The number of nitrogens with two attached hydrogens (primary N) is 1. The molecule has 13 nitrogen and oxygen atoms in total. The van der Waals surface area contributed by atoms with Gasteiger partial charge in [0.25, 0.3) is 0 Å². The molecule has 0 spiro atoms. The summed E-state index contributed by atoms with van der Waals surface area (Å²) >= 11 is 0. The van der Waals surface area contributed by atoms with Crippen LogP contribution in [0.3, 0.4) is 0 Å². The molecule has 13 heteroatoms. The molecule has 4 aromatic rings.